The van der Waals surface area contributed by atoms with Gasteiger partial charge in [-0.3, -0.25) is 0 Å². The molecular formula is C14H14ClNS. The van der Waals surface area contributed by atoms with Crippen LogP contribution >= 0.6 is 23.4 Å². The van der Waals surface area contributed by atoms with Gasteiger partial charge in [0, 0.05) is 10.6 Å². The quantitative estimate of drug-likeness (QED) is 0.651. The Bertz CT molecular complexity index is 525. The Hall–Kier alpha value is -1.12. The molecule has 17 heavy (non-hydrogen) atoms. The summed E-state index contributed by atoms with van der Waals surface area (Å²) < 4.78 is 0. The number of benzene rings is 2. The van der Waals surface area contributed by atoms with Gasteiger partial charge in [-0.25, -0.2) is 0 Å². The van der Waals surface area contributed by atoms with Crippen molar-refractivity contribution in [1.29, 1.82) is 0 Å². The second kappa shape index (κ2) is 5.48. The molecule has 0 bridgehead atoms. The Morgan fingerprint density at radius 1 is 1.18 bits per heavy atom. The van der Waals surface area contributed by atoms with Crippen LogP contribution in [0.2, 0.25) is 5.02 Å². The first kappa shape index (κ1) is 12.3. The molecule has 3 heteroatoms. The first-order chi connectivity index (χ1) is 8.15. The van der Waals surface area contributed by atoms with E-state index in [2.05, 4.69) is 31.2 Å². The van der Waals surface area contributed by atoms with Crippen LogP contribution in [0.4, 0.5) is 5.69 Å². The van der Waals surface area contributed by atoms with E-state index in [-0.39, 0.29) is 0 Å². The van der Waals surface area contributed by atoms with E-state index < -0.39 is 0 Å². The summed E-state index contributed by atoms with van der Waals surface area (Å²) in [5.41, 5.74) is 8.92. The van der Waals surface area contributed by atoms with Crippen molar-refractivity contribution in [2.24, 2.45) is 0 Å². The molecule has 0 atom stereocenters. The molecule has 2 aromatic carbocycles. The maximum absolute atomic E-state index is 5.98. The van der Waals surface area contributed by atoms with Gasteiger partial charge in [0.25, 0.3) is 0 Å². The highest BCUT2D eigenvalue weighted by atomic mass is 35.5. The highest BCUT2D eigenvalue weighted by Crippen LogP contribution is 2.28. The monoisotopic (exact) mass is 263 g/mol. The van der Waals surface area contributed by atoms with Gasteiger partial charge in [-0.05, 0) is 30.7 Å². The number of anilines is 1. The molecule has 0 aromatic heterocycles. The number of rotatable bonds is 3. The molecule has 0 amide bonds. The summed E-state index contributed by atoms with van der Waals surface area (Å²) in [7, 11) is 0. The van der Waals surface area contributed by atoms with Crippen molar-refractivity contribution in [3.8, 4) is 0 Å². The van der Waals surface area contributed by atoms with E-state index in [1.807, 2.05) is 18.2 Å². The van der Waals surface area contributed by atoms with E-state index in [9.17, 15) is 0 Å². The minimum atomic E-state index is 0.624. The minimum Gasteiger partial charge on any atom is -0.398 e. The molecule has 2 rings (SSSR count). The maximum atomic E-state index is 5.98. The van der Waals surface area contributed by atoms with Crippen LogP contribution in [-0.2, 0) is 5.75 Å². The molecule has 88 valence electrons. The van der Waals surface area contributed by atoms with Crippen LogP contribution in [0.5, 0.6) is 0 Å². The van der Waals surface area contributed by atoms with Gasteiger partial charge in [0.1, 0.15) is 0 Å². The Labute approximate surface area is 111 Å². The van der Waals surface area contributed by atoms with Crippen LogP contribution in [0.15, 0.2) is 47.4 Å². The third-order valence-corrected chi connectivity index (χ3v) is 3.85. The lowest BCUT2D eigenvalue weighted by molar-refractivity contribution is 1.34. The van der Waals surface area contributed by atoms with Crippen LogP contribution in [0.25, 0.3) is 0 Å². The van der Waals surface area contributed by atoms with E-state index in [4.69, 9.17) is 17.3 Å². The molecule has 2 aromatic rings. The summed E-state index contributed by atoms with van der Waals surface area (Å²) in [5, 5.41) is 0.624. The minimum absolute atomic E-state index is 0.624. The number of nitrogens with two attached hydrogens (primary N) is 1. The molecule has 1 nitrogen and oxygen atoms in total. The molecule has 0 aliphatic carbocycles. The lowest BCUT2D eigenvalue weighted by Gasteiger charge is -2.05. The number of hydrogen-bond acceptors (Lipinski definition) is 2. The largest absolute Gasteiger partial charge is 0.398 e. The van der Waals surface area contributed by atoms with Gasteiger partial charge in [0.2, 0.25) is 0 Å². The fraction of sp³-hybridized carbons (Fsp3) is 0.143. The van der Waals surface area contributed by atoms with Gasteiger partial charge in [0.15, 0.2) is 0 Å². The molecule has 2 N–H and O–H groups in total. The molecule has 0 saturated carbocycles. The Kier molecular flexibility index (Phi) is 3.97. The fourth-order valence-corrected chi connectivity index (χ4v) is 2.69. The molecule has 0 unspecified atom stereocenters. The highest BCUT2D eigenvalue weighted by molar-refractivity contribution is 7.98. The van der Waals surface area contributed by atoms with Gasteiger partial charge >= 0.3 is 0 Å². The zero-order valence-electron chi connectivity index (χ0n) is 9.61. The third kappa shape index (κ3) is 3.42. The second-order valence-corrected chi connectivity index (χ2v) is 5.42. The summed E-state index contributed by atoms with van der Waals surface area (Å²) in [4.78, 5) is 1.14. The molecule has 0 spiro atoms. The Balaban J connectivity index is 2.05. The number of halogens is 1. The Morgan fingerprint density at radius 2 is 2.00 bits per heavy atom. The molecule has 0 saturated heterocycles. The summed E-state index contributed by atoms with van der Waals surface area (Å²) in [6.45, 7) is 2.11. The van der Waals surface area contributed by atoms with Crippen LogP contribution in [0.3, 0.4) is 0 Å². The van der Waals surface area contributed by atoms with E-state index in [0.29, 0.717) is 10.7 Å². The van der Waals surface area contributed by atoms with E-state index in [1.165, 1.54) is 11.1 Å². The molecular weight excluding hydrogens is 250 g/mol. The van der Waals surface area contributed by atoms with Crippen molar-refractivity contribution in [2.45, 2.75) is 17.6 Å². The smallest absolute Gasteiger partial charge is 0.0646 e. The molecule has 0 fully saturated rings. The predicted octanol–water partition coefficient (Wildman–Crippen LogP) is 4.52. The number of thioether (sulfide) groups is 1. The van der Waals surface area contributed by atoms with Gasteiger partial charge < -0.3 is 5.73 Å². The van der Waals surface area contributed by atoms with Gasteiger partial charge in [-0.2, -0.15) is 0 Å². The average molecular weight is 264 g/mol. The van der Waals surface area contributed by atoms with Crippen LogP contribution in [0.1, 0.15) is 11.1 Å². The predicted molar refractivity (Wildman–Crippen MR) is 76.6 cm³/mol. The topological polar surface area (TPSA) is 26.0 Å². The molecule has 0 aliphatic rings. The van der Waals surface area contributed by atoms with E-state index in [1.54, 1.807) is 11.8 Å². The summed E-state index contributed by atoms with van der Waals surface area (Å²) >= 11 is 7.75. The van der Waals surface area contributed by atoms with Gasteiger partial charge in [0.05, 0.1) is 10.7 Å². The van der Waals surface area contributed by atoms with Gasteiger partial charge in [-0.1, -0.05) is 41.4 Å². The lowest BCUT2D eigenvalue weighted by atomic mass is 10.2. The standard InChI is InChI=1S/C14H14ClNS/c1-10-3-2-4-11(7-10)9-17-12-5-6-14(16)13(15)8-12/h2-8H,9,16H2,1H3. The molecule has 0 heterocycles. The van der Waals surface area contributed by atoms with Crippen LogP contribution in [-0.4, -0.2) is 0 Å². The number of hydrogen-bond donors (Lipinski definition) is 1. The number of aryl methyl sites for hydroxylation is 1. The fourth-order valence-electron chi connectivity index (χ4n) is 1.57. The van der Waals surface area contributed by atoms with Crippen molar-refractivity contribution in [3.63, 3.8) is 0 Å². The summed E-state index contributed by atoms with van der Waals surface area (Å²) in [5.74, 6) is 0.946. The van der Waals surface area contributed by atoms with Crippen molar-refractivity contribution < 1.29 is 0 Å². The third-order valence-electron chi connectivity index (χ3n) is 2.46. The molecule has 0 radical (unpaired) electrons. The second-order valence-electron chi connectivity index (χ2n) is 3.96. The van der Waals surface area contributed by atoms with E-state index >= 15 is 0 Å². The highest BCUT2D eigenvalue weighted by Gasteiger charge is 2.00. The zero-order chi connectivity index (χ0) is 12.3. The van der Waals surface area contributed by atoms with Gasteiger partial charge in [-0.15, -0.1) is 11.8 Å². The maximum Gasteiger partial charge on any atom is 0.0646 e. The molecule has 0 aliphatic heterocycles. The Morgan fingerprint density at radius 3 is 2.71 bits per heavy atom. The lowest BCUT2D eigenvalue weighted by Crippen LogP contribution is -1.86. The van der Waals surface area contributed by atoms with Crippen molar-refractivity contribution >= 4 is 29.1 Å². The van der Waals surface area contributed by atoms with Crippen LogP contribution < -0.4 is 5.73 Å². The average Bonchev–Trinajstić information content (AvgIpc) is 2.31. The van der Waals surface area contributed by atoms with Crippen LogP contribution in [0, 0.1) is 6.92 Å². The van der Waals surface area contributed by atoms with Crippen molar-refractivity contribution in [3.05, 3.63) is 58.6 Å². The normalized spacial score (nSPS) is 10.5. The van der Waals surface area contributed by atoms with E-state index in [0.717, 1.165) is 10.6 Å². The van der Waals surface area contributed by atoms with Crippen molar-refractivity contribution in [2.75, 3.05) is 5.73 Å². The zero-order valence-corrected chi connectivity index (χ0v) is 11.2. The first-order valence-electron chi connectivity index (χ1n) is 5.38. The summed E-state index contributed by atoms with van der Waals surface area (Å²) in [6, 6.07) is 14.3. The van der Waals surface area contributed by atoms with Crippen molar-refractivity contribution in [1.82, 2.24) is 0 Å². The SMILES string of the molecule is Cc1cccc(CSc2ccc(N)c(Cl)c2)c1. The number of nitrogen functional groups attached to an aromatic ring is 1. The first-order valence-corrected chi connectivity index (χ1v) is 6.75. The summed E-state index contributed by atoms with van der Waals surface area (Å²) in [6.07, 6.45) is 0.